The van der Waals surface area contributed by atoms with Gasteiger partial charge in [0.2, 0.25) is 0 Å². The predicted molar refractivity (Wildman–Crippen MR) is 78.3 cm³/mol. The molecule has 1 nitrogen and oxygen atoms in total. The summed E-state index contributed by atoms with van der Waals surface area (Å²) in [6.45, 7) is 2.02. The van der Waals surface area contributed by atoms with Gasteiger partial charge in [0, 0.05) is 21.2 Å². The van der Waals surface area contributed by atoms with Crippen LogP contribution in [0.4, 0.5) is 4.39 Å². The smallest absolute Gasteiger partial charge is 0.130 e. The molecule has 1 atom stereocenters. The Balaban J connectivity index is 2.01. The third kappa shape index (κ3) is 3.96. The van der Waals surface area contributed by atoms with Gasteiger partial charge < -0.3 is 5.11 Å². The van der Waals surface area contributed by atoms with Gasteiger partial charge in [0.25, 0.3) is 0 Å². The van der Waals surface area contributed by atoms with E-state index in [1.165, 1.54) is 29.5 Å². The molecular formula is C15H14ClFOS. The van der Waals surface area contributed by atoms with Crippen LogP contribution in [0.25, 0.3) is 0 Å². The summed E-state index contributed by atoms with van der Waals surface area (Å²) in [5.41, 5.74) is 1.47. The van der Waals surface area contributed by atoms with Gasteiger partial charge in [-0.2, -0.15) is 0 Å². The molecule has 1 N–H and O–H groups in total. The van der Waals surface area contributed by atoms with E-state index in [0.717, 1.165) is 4.90 Å². The van der Waals surface area contributed by atoms with Gasteiger partial charge in [0.15, 0.2) is 0 Å². The molecule has 0 aromatic heterocycles. The summed E-state index contributed by atoms with van der Waals surface area (Å²) >= 11 is 7.18. The number of halogens is 2. The largest absolute Gasteiger partial charge is 0.387 e. The summed E-state index contributed by atoms with van der Waals surface area (Å²) in [5.74, 6) is -0.0637. The van der Waals surface area contributed by atoms with Crippen molar-refractivity contribution in [1.29, 1.82) is 0 Å². The lowest BCUT2D eigenvalue weighted by molar-refractivity contribution is 0.199. The molecule has 0 heterocycles. The summed E-state index contributed by atoms with van der Waals surface area (Å²) in [6.07, 6.45) is -0.844. The first kappa shape index (κ1) is 14.4. The molecule has 0 fully saturated rings. The number of aliphatic hydroxyl groups is 1. The molecule has 4 heteroatoms. The SMILES string of the molecule is Cc1ccc(SCC(O)c2ccc(Cl)cc2F)cc1. The lowest BCUT2D eigenvalue weighted by atomic mass is 10.1. The van der Waals surface area contributed by atoms with Crippen molar-refractivity contribution in [3.63, 3.8) is 0 Å². The van der Waals surface area contributed by atoms with Crippen molar-refractivity contribution < 1.29 is 9.50 Å². The molecule has 2 aromatic rings. The Morgan fingerprint density at radius 1 is 1.21 bits per heavy atom. The third-order valence-electron chi connectivity index (χ3n) is 2.75. The molecule has 2 rings (SSSR count). The molecule has 0 aliphatic heterocycles. The van der Waals surface area contributed by atoms with E-state index in [1.54, 1.807) is 6.07 Å². The van der Waals surface area contributed by atoms with E-state index >= 15 is 0 Å². The second kappa shape index (κ2) is 6.42. The van der Waals surface area contributed by atoms with Crippen LogP contribution in [0.5, 0.6) is 0 Å². The van der Waals surface area contributed by atoms with Crippen molar-refractivity contribution >= 4 is 23.4 Å². The first-order valence-corrected chi connectivity index (χ1v) is 7.25. The third-order valence-corrected chi connectivity index (χ3v) is 4.07. The molecule has 19 heavy (non-hydrogen) atoms. The fraction of sp³-hybridized carbons (Fsp3) is 0.200. The van der Waals surface area contributed by atoms with E-state index < -0.39 is 11.9 Å². The topological polar surface area (TPSA) is 20.2 Å². The summed E-state index contributed by atoms with van der Waals surface area (Å²) in [7, 11) is 0. The van der Waals surface area contributed by atoms with Gasteiger partial charge in [-0.25, -0.2) is 4.39 Å². The number of benzene rings is 2. The Bertz CT molecular complexity index is 557. The molecule has 0 saturated heterocycles. The highest BCUT2D eigenvalue weighted by Crippen LogP contribution is 2.27. The molecule has 0 aliphatic rings. The Hall–Kier alpha value is -1.03. The van der Waals surface area contributed by atoms with Crippen LogP contribution in [0.1, 0.15) is 17.2 Å². The fourth-order valence-corrected chi connectivity index (χ4v) is 2.69. The molecular weight excluding hydrogens is 283 g/mol. The van der Waals surface area contributed by atoms with Crippen LogP contribution in [-0.4, -0.2) is 10.9 Å². The Labute approximate surface area is 121 Å². The van der Waals surface area contributed by atoms with Gasteiger partial charge in [-0.1, -0.05) is 35.4 Å². The van der Waals surface area contributed by atoms with Crippen molar-refractivity contribution in [2.75, 3.05) is 5.75 Å². The normalized spacial score (nSPS) is 12.4. The van der Waals surface area contributed by atoms with E-state index in [4.69, 9.17) is 11.6 Å². The van der Waals surface area contributed by atoms with Crippen LogP contribution < -0.4 is 0 Å². The summed E-state index contributed by atoms with van der Waals surface area (Å²) in [5, 5.41) is 10.3. The van der Waals surface area contributed by atoms with Gasteiger partial charge in [0.05, 0.1) is 6.10 Å². The lowest BCUT2D eigenvalue weighted by Crippen LogP contribution is -2.03. The molecule has 0 aliphatic carbocycles. The molecule has 0 amide bonds. The monoisotopic (exact) mass is 296 g/mol. The number of thioether (sulfide) groups is 1. The molecule has 2 aromatic carbocycles. The highest BCUT2D eigenvalue weighted by atomic mass is 35.5. The van der Waals surface area contributed by atoms with Crippen molar-refractivity contribution in [2.24, 2.45) is 0 Å². The maximum absolute atomic E-state index is 13.6. The van der Waals surface area contributed by atoms with Gasteiger partial charge in [-0.05, 0) is 31.2 Å². The van der Waals surface area contributed by atoms with Gasteiger partial charge >= 0.3 is 0 Å². The van der Waals surface area contributed by atoms with Crippen LogP contribution in [0.2, 0.25) is 5.02 Å². The molecule has 0 bridgehead atoms. The zero-order chi connectivity index (χ0) is 13.8. The highest BCUT2D eigenvalue weighted by molar-refractivity contribution is 7.99. The van der Waals surface area contributed by atoms with Gasteiger partial charge in [-0.15, -0.1) is 11.8 Å². The summed E-state index contributed by atoms with van der Waals surface area (Å²) < 4.78 is 13.6. The van der Waals surface area contributed by atoms with E-state index in [2.05, 4.69) is 0 Å². The predicted octanol–water partition coefficient (Wildman–Crippen LogP) is 4.61. The Morgan fingerprint density at radius 3 is 2.53 bits per heavy atom. The van der Waals surface area contributed by atoms with Crippen LogP contribution in [0.3, 0.4) is 0 Å². The van der Waals surface area contributed by atoms with Gasteiger partial charge in [0.1, 0.15) is 5.82 Å². The van der Waals surface area contributed by atoms with E-state index in [9.17, 15) is 9.50 Å². The van der Waals surface area contributed by atoms with Crippen molar-refractivity contribution in [1.82, 2.24) is 0 Å². The zero-order valence-corrected chi connectivity index (χ0v) is 12.0. The fourth-order valence-electron chi connectivity index (χ4n) is 1.67. The van der Waals surface area contributed by atoms with Crippen molar-refractivity contribution in [3.05, 3.63) is 64.4 Å². The summed E-state index contributed by atoms with van der Waals surface area (Å²) in [4.78, 5) is 1.05. The number of hydrogen-bond donors (Lipinski definition) is 1. The van der Waals surface area contributed by atoms with Crippen LogP contribution >= 0.6 is 23.4 Å². The van der Waals surface area contributed by atoms with Crippen molar-refractivity contribution in [2.45, 2.75) is 17.9 Å². The van der Waals surface area contributed by atoms with Crippen LogP contribution in [0, 0.1) is 12.7 Å². The number of hydrogen-bond acceptors (Lipinski definition) is 2. The zero-order valence-electron chi connectivity index (χ0n) is 10.4. The van der Waals surface area contributed by atoms with E-state index in [-0.39, 0.29) is 5.56 Å². The maximum atomic E-state index is 13.6. The second-order valence-corrected chi connectivity index (χ2v) is 5.84. The Kier molecular flexibility index (Phi) is 4.86. The van der Waals surface area contributed by atoms with Crippen molar-refractivity contribution in [3.8, 4) is 0 Å². The second-order valence-electron chi connectivity index (χ2n) is 4.31. The minimum absolute atomic E-state index is 0.281. The molecule has 1 unspecified atom stereocenters. The molecule has 0 spiro atoms. The standard InChI is InChI=1S/C15H14ClFOS/c1-10-2-5-12(6-3-10)19-9-15(18)13-7-4-11(16)8-14(13)17/h2-8,15,18H,9H2,1H3. The average Bonchev–Trinajstić information content (AvgIpc) is 2.37. The molecule has 0 saturated carbocycles. The van der Waals surface area contributed by atoms with Crippen LogP contribution in [-0.2, 0) is 0 Å². The number of aliphatic hydroxyl groups excluding tert-OH is 1. The number of rotatable bonds is 4. The van der Waals surface area contributed by atoms with Crippen LogP contribution in [0.15, 0.2) is 47.4 Å². The average molecular weight is 297 g/mol. The Morgan fingerprint density at radius 2 is 1.89 bits per heavy atom. The lowest BCUT2D eigenvalue weighted by Gasteiger charge is -2.12. The first-order valence-electron chi connectivity index (χ1n) is 5.89. The molecule has 0 radical (unpaired) electrons. The first-order chi connectivity index (χ1) is 9.06. The minimum atomic E-state index is -0.844. The quantitative estimate of drug-likeness (QED) is 0.831. The van der Waals surface area contributed by atoms with Gasteiger partial charge in [-0.3, -0.25) is 0 Å². The maximum Gasteiger partial charge on any atom is 0.130 e. The highest BCUT2D eigenvalue weighted by Gasteiger charge is 2.13. The number of aryl methyl sites for hydroxylation is 1. The van der Waals surface area contributed by atoms with E-state index in [1.807, 2.05) is 31.2 Å². The van der Waals surface area contributed by atoms with E-state index in [0.29, 0.717) is 10.8 Å². The summed E-state index contributed by atoms with van der Waals surface area (Å²) in [6, 6.07) is 12.3. The molecule has 100 valence electrons. The minimum Gasteiger partial charge on any atom is -0.387 e.